The van der Waals surface area contributed by atoms with Crippen LogP contribution >= 0.6 is 11.6 Å². The number of piperidine rings is 2. The molecular formula is C54H61ClF2N8O7. The highest BCUT2D eigenvalue weighted by Crippen LogP contribution is 2.56. The Balaban J connectivity index is 0.736. The zero-order valence-corrected chi connectivity index (χ0v) is 41.6. The molecule has 0 bridgehead atoms. The summed E-state index contributed by atoms with van der Waals surface area (Å²) >= 11 is 6.70. The monoisotopic (exact) mass is 1010 g/mol. The van der Waals surface area contributed by atoms with Crippen LogP contribution in [0.3, 0.4) is 0 Å². The first-order valence-corrected chi connectivity index (χ1v) is 25.4. The van der Waals surface area contributed by atoms with Gasteiger partial charge < -0.3 is 35.4 Å². The van der Waals surface area contributed by atoms with Crippen molar-refractivity contribution in [2.75, 3.05) is 57.8 Å². The van der Waals surface area contributed by atoms with Crippen molar-refractivity contribution in [3.05, 3.63) is 106 Å². The van der Waals surface area contributed by atoms with Crippen LogP contribution in [0.2, 0.25) is 5.02 Å². The van der Waals surface area contributed by atoms with Gasteiger partial charge in [0.2, 0.25) is 17.7 Å². The predicted octanol–water partition coefficient (Wildman–Crippen LogP) is 7.50. The molecule has 5 amide bonds. The Bertz CT molecular complexity index is 2930. The van der Waals surface area contributed by atoms with Crippen molar-refractivity contribution < 1.29 is 42.5 Å². The van der Waals surface area contributed by atoms with E-state index in [1.54, 1.807) is 4.68 Å². The quantitative estimate of drug-likeness (QED) is 0.0977. The van der Waals surface area contributed by atoms with Gasteiger partial charge in [0.05, 0.1) is 28.8 Å². The van der Waals surface area contributed by atoms with Gasteiger partial charge in [-0.3, -0.25) is 29.3 Å². The van der Waals surface area contributed by atoms with E-state index in [4.69, 9.17) is 26.8 Å². The number of halogens is 3. The van der Waals surface area contributed by atoms with Crippen LogP contribution in [0.15, 0.2) is 66.7 Å². The predicted molar refractivity (Wildman–Crippen MR) is 268 cm³/mol. The number of likely N-dealkylation sites (tertiary alicyclic amines) is 2. The number of nitrogens with one attached hydrogen (secondary N) is 2. The maximum absolute atomic E-state index is 16.2. The summed E-state index contributed by atoms with van der Waals surface area (Å²) in [5.41, 5.74) is 6.73. The number of methoxy groups -OCH3 is 1. The van der Waals surface area contributed by atoms with E-state index in [1.807, 2.05) is 55.3 Å². The van der Waals surface area contributed by atoms with E-state index in [0.29, 0.717) is 75.7 Å². The van der Waals surface area contributed by atoms with E-state index in [9.17, 15) is 24.3 Å². The van der Waals surface area contributed by atoms with Crippen molar-refractivity contribution in [2.45, 2.75) is 93.8 Å². The third-order valence-electron chi connectivity index (χ3n) is 16.2. The van der Waals surface area contributed by atoms with Crippen LogP contribution in [-0.4, -0.2) is 113 Å². The molecule has 72 heavy (non-hydrogen) atoms. The number of aromatic nitrogens is 2. The fourth-order valence-electron chi connectivity index (χ4n) is 12.1. The van der Waals surface area contributed by atoms with Crippen molar-refractivity contribution >= 4 is 52.1 Å². The number of hydrogen-bond donors (Lipinski definition) is 4. The first kappa shape index (κ1) is 49.4. The summed E-state index contributed by atoms with van der Waals surface area (Å²) in [5, 5.41) is 23.1. The van der Waals surface area contributed by atoms with Crippen LogP contribution in [0, 0.1) is 17.6 Å². The number of benzene rings is 4. The molecule has 3 saturated heterocycles. The molecule has 1 saturated carbocycles. The van der Waals surface area contributed by atoms with Gasteiger partial charge in [-0.25, -0.2) is 13.6 Å². The molecule has 4 fully saturated rings. The average Bonchev–Trinajstić information content (AvgIpc) is 3.86. The summed E-state index contributed by atoms with van der Waals surface area (Å²) in [5.74, 6) is -2.54. The lowest BCUT2D eigenvalue weighted by Crippen LogP contribution is -2.54. The number of anilines is 1. The highest BCUT2D eigenvalue weighted by molar-refractivity contribution is 6.34. The molecule has 5 N–H and O–H groups in total. The second-order valence-corrected chi connectivity index (χ2v) is 20.8. The molecule has 380 valence electrons. The molecule has 10 rings (SSSR count). The zero-order chi connectivity index (χ0) is 50.6. The van der Waals surface area contributed by atoms with Crippen molar-refractivity contribution in [3.63, 3.8) is 0 Å². The smallest absolute Gasteiger partial charge is 0.329 e. The first-order valence-electron chi connectivity index (χ1n) is 25.1. The van der Waals surface area contributed by atoms with E-state index < -0.39 is 40.7 Å². The minimum atomic E-state index is -1.09. The lowest BCUT2D eigenvalue weighted by Gasteiger charge is -2.43. The van der Waals surface area contributed by atoms with E-state index in [2.05, 4.69) is 32.8 Å². The molecule has 4 aliphatic heterocycles. The summed E-state index contributed by atoms with van der Waals surface area (Å²) in [6, 6.07) is 19.3. The third kappa shape index (κ3) is 9.06. The number of primary amides is 1. The van der Waals surface area contributed by atoms with Crippen LogP contribution < -0.4 is 30.7 Å². The van der Waals surface area contributed by atoms with E-state index in [0.717, 1.165) is 55.2 Å². The molecular weight excluding hydrogens is 946 g/mol. The number of nitrogens with zero attached hydrogens (tertiary/aromatic N) is 5. The number of ether oxygens (including phenoxy) is 2. The van der Waals surface area contributed by atoms with Crippen LogP contribution in [-0.2, 0) is 22.2 Å². The summed E-state index contributed by atoms with van der Waals surface area (Å²) in [7, 11) is 3.16. The fraction of sp³-hybridized carbons (Fsp3) is 0.463. The van der Waals surface area contributed by atoms with Gasteiger partial charge in [0, 0.05) is 92.2 Å². The van der Waals surface area contributed by atoms with Gasteiger partial charge in [-0.15, -0.1) is 0 Å². The molecule has 1 aromatic heterocycles. The Morgan fingerprint density at radius 3 is 2.36 bits per heavy atom. The highest BCUT2D eigenvalue weighted by Gasteiger charge is 2.50. The Hall–Kier alpha value is -6.14. The maximum atomic E-state index is 16.2. The number of fused-ring (bicyclic) bond motifs is 2. The number of rotatable bonds is 12. The number of carbonyl (C=O) groups excluding carboxylic acids is 4. The topological polar surface area (TPSA) is 185 Å². The fourth-order valence-corrected chi connectivity index (χ4v) is 12.3. The van der Waals surface area contributed by atoms with Crippen LogP contribution in [0.5, 0.6) is 11.5 Å². The number of β-amino-alcohol motifs (C(OH)–C–C–N with tert-alkyl or cyclic N) is 1. The van der Waals surface area contributed by atoms with Gasteiger partial charge in [0.15, 0.2) is 23.0 Å². The number of carbonyl (C=O) groups is 4. The number of nitrogens with two attached hydrogens (primary N) is 1. The van der Waals surface area contributed by atoms with Crippen LogP contribution in [0.4, 0.5) is 19.4 Å². The molecule has 0 radical (unpaired) electrons. The third-order valence-corrected chi connectivity index (χ3v) is 16.6. The number of urea groups is 1. The Labute approximate surface area is 421 Å². The molecule has 2 unspecified atom stereocenters. The van der Waals surface area contributed by atoms with Gasteiger partial charge in [-0.2, -0.15) is 5.10 Å². The van der Waals surface area contributed by atoms with Crippen LogP contribution in [0.25, 0.3) is 22.0 Å². The molecule has 0 spiro atoms. The van der Waals surface area contributed by atoms with E-state index in [1.165, 1.54) is 35.8 Å². The molecule has 1 aliphatic carbocycles. The number of imide groups is 1. The van der Waals surface area contributed by atoms with Gasteiger partial charge in [-0.05, 0) is 106 Å². The number of hydrogen-bond acceptors (Lipinski definition) is 10. The van der Waals surface area contributed by atoms with Gasteiger partial charge in [0.1, 0.15) is 11.6 Å². The largest absolute Gasteiger partial charge is 0.494 e. The number of amides is 5. The standard InChI is InChI=1S/C54H61ClF2N8O7/c1-31-44-42(28-39(56)47(55)46(44)45-38(49(58)67)15-16-41(71-3)48(45)57)72-54(31,35-7-5-4-6-8-35)29-59-36-12-9-33(10-13-36)51(68)64-25-20-53(70,21-26-64)30-63-22-17-32(18-23-63)34-11-14-37-40(27-34)62(2)61-50(37)65-24-19-43(66)60-52(65)69/h4-8,11,14-16,27-28,31-33,36,59,70H,9-10,12-13,17-26,29-30H2,1-3H3,(H2,58,67)(H,60,66,69). The van der Waals surface area contributed by atoms with E-state index in [-0.39, 0.29) is 63.4 Å². The van der Waals surface area contributed by atoms with Crippen molar-refractivity contribution in [2.24, 2.45) is 18.7 Å². The number of aliphatic hydroxyl groups is 1. The van der Waals surface area contributed by atoms with Gasteiger partial charge in [-0.1, -0.05) is 54.9 Å². The van der Waals surface area contributed by atoms with Gasteiger partial charge >= 0.3 is 6.03 Å². The molecule has 5 heterocycles. The van der Waals surface area contributed by atoms with E-state index >= 15 is 8.78 Å². The molecule has 18 heteroatoms. The minimum absolute atomic E-state index is 0.0151. The van der Waals surface area contributed by atoms with Crippen molar-refractivity contribution in [1.29, 1.82) is 0 Å². The van der Waals surface area contributed by atoms with Crippen molar-refractivity contribution in [1.82, 2.24) is 30.2 Å². The molecule has 5 aliphatic rings. The molecule has 5 aromatic rings. The maximum Gasteiger partial charge on any atom is 0.329 e. The second-order valence-electron chi connectivity index (χ2n) is 20.4. The zero-order valence-electron chi connectivity index (χ0n) is 40.8. The Morgan fingerprint density at radius 2 is 1.68 bits per heavy atom. The molecule has 2 atom stereocenters. The lowest BCUT2D eigenvalue weighted by atomic mass is 9.77. The summed E-state index contributed by atoms with van der Waals surface area (Å²) in [6.45, 7) is 5.80. The SMILES string of the molecule is COc1ccc(C(N)=O)c(-c2c(Cl)c(F)cc3c2C(C)C(CNC2CCC(C(=O)N4CCC(O)(CN5CCC(c6ccc7c(N8CCC(=O)NC8=O)nn(C)c7c6)CC5)CC4)CC2)(c2ccccc2)O3)c1F. The molecule has 15 nitrogen and oxygen atoms in total. The summed E-state index contributed by atoms with van der Waals surface area (Å²) in [4.78, 5) is 56.8. The van der Waals surface area contributed by atoms with Crippen LogP contribution in [0.1, 0.15) is 104 Å². The second kappa shape index (κ2) is 19.7. The number of aryl methyl sites for hydroxylation is 1. The molecule has 4 aromatic carbocycles. The Kier molecular flexibility index (Phi) is 13.5. The normalized spacial score (nSPS) is 23.7. The minimum Gasteiger partial charge on any atom is -0.494 e. The van der Waals surface area contributed by atoms with Crippen molar-refractivity contribution in [3.8, 4) is 22.6 Å². The average molecular weight is 1010 g/mol. The lowest BCUT2D eigenvalue weighted by molar-refractivity contribution is -0.141. The first-order chi connectivity index (χ1) is 34.6. The summed E-state index contributed by atoms with van der Waals surface area (Å²) in [6.07, 6.45) is 6.05. The van der Waals surface area contributed by atoms with Gasteiger partial charge in [0.25, 0.3) is 0 Å². The highest BCUT2D eigenvalue weighted by atomic mass is 35.5. The Morgan fingerprint density at radius 1 is 0.958 bits per heavy atom. The summed E-state index contributed by atoms with van der Waals surface area (Å²) < 4.78 is 45.9.